The Morgan fingerprint density at radius 2 is 2.10 bits per heavy atom. The lowest BCUT2D eigenvalue weighted by molar-refractivity contribution is 0.0272. The quantitative estimate of drug-likeness (QED) is 0.553. The second-order valence-corrected chi connectivity index (χ2v) is 8.81. The highest BCUT2D eigenvalue weighted by Gasteiger charge is 2.30. The molecule has 0 saturated heterocycles. The van der Waals surface area contributed by atoms with Crippen LogP contribution in [0.3, 0.4) is 0 Å². The number of thiazole rings is 1. The molecule has 2 heterocycles. The van der Waals surface area contributed by atoms with Gasteiger partial charge in [0.2, 0.25) is 0 Å². The first kappa shape index (κ1) is 20.0. The van der Waals surface area contributed by atoms with Crippen molar-refractivity contribution in [1.82, 2.24) is 15.3 Å². The molecule has 1 aromatic carbocycles. The van der Waals surface area contributed by atoms with E-state index < -0.39 is 0 Å². The van der Waals surface area contributed by atoms with Crippen molar-refractivity contribution in [3.63, 3.8) is 0 Å². The van der Waals surface area contributed by atoms with Gasteiger partial charge in [0, 0.05) is 22.4 Å². The molecule has 0 unspecified atom stereocenters. The van der Waals surface area contributed by atoms with E-state index in [0.717, 1.165) is 39.7 Å². The summed E-state index contributed by atoms with van der Waals surface area (Å²) in [5.41, 5.74) is 10.1. The summed E-state index contributed by atoms with van der Waals surface area (Å²) in [6.07, 6.45) is 6.24. The van der Waals surface area contributed by atoms with Crippen LogP contribution >= 0.6 is 27.3 Å². The van der Waals surface area contributed by atoms with Gasteiger partial charge in [-0.15, -0.1) is 11.3 Å². The highest BCUT2D eigenvalue weighted by Crippen LogP contribution is 2.27. The molecule has 2 aromatic heterocycles. The predicted octanol–water partition coefficient (Wildman–Crippen LogP) is 4.42. The van der Waals surface area contributed by atoms with Crippen LogP contribution in [0.2, 0.25) is 0 Å². The summed E-state index contributed by atoms with van der Waals surface area (Å²) in [6, 6.07) is 9.80. The molecular formula is C21H21BrN4O2S. The zero-order valence-electron chi connectivity index (χ0n) is 15.7. The lowest BCUT2D eigenvalue weighted by Gasteiger charge is -2.22. The zero-order chi connectivity index (χ0) is 20.2. The fourth-order valence-electron chi connectivity index (χ4n) is 3.47. The minimum Gasteiger partial charge on any atom is -0.383 e. The van der Waals surface area contributed by atoms with Gasteiger partial charge in [0.15, 0.2) is 0 Å². The summed E-state index contributed by atoms with van der Waals surface area (Å²) in [7, 11) is 0. The van der Waals surface area contributed by atoms with Crippen LogP contribution in [0.15, 0.2) is 52.7 Å². The first-order valence-electron chi connectivity index (χ1n) is 9.41. The maximum atomic E-state index is 12.9. The van der Waals surface area contributed by atoms with Gasteiger partial charge in [-0.05, 0) is 43.0 Å². The lowest BCUT2D eigenvalue weighted by Crippen LogP contribution is -2.41. The molecule has 0 aliphatic heterocycles. The number of ether oxygens (including phenoxy) is 1. The molecule has 1 aliphatic rings. The van der Waals surface area contributed by atoms with E-state index in [1.165, 1.54) is 11.3 Å². The van der Waals surface area contributed by atoms with E-state index in [0.29, 0.717) is 12.2 Å². The maximum absolute atomic E-state index is 12.9. The van der Waals surface area contributed by atoms with Crippen LogP contribution in [-0.2, 0) is 11.3 Å². The summed E-state index contributed by atoms with van der Waals surface area (Å²) in [5, 5.41) is 3.10. The minimum atomic E-state index is -0.217. The van der Waals surface area contributed by atoms with Gasteiger partial charge >= 0.3 is 0 Å². The average molecular weight is 473 g/mol. The summed E-state index contributed by atoms with van der Waals surface area (Å²) in [6.45, 7) is 0.523. The molecule has 3 N–H and O–H groups in total. The van der Waals surface area contributed by atoms with E-state index in [1.807, 2.05) is 24.3 Å². The Hall–Kier alpha value is -2.29. The lowest BCUT2D eigenvalue weighted by atomic mass is 10.1. The van der Waals surface area contributed by atoms with Gasteiger partial charge in [0.05, 0.1) is 34.7 Å². The summed E-state index contributed by atoms with van der Waals surface area (Å²) < 4.78 is 7.15. The first-order valence-corrected chi connectivity index (χ1v) is 11.1. The van der Waals surface area contributed by atoms with E-state index in [1.54, 1.807) is 24.0 Å². The number of carbonyl (C=O) groups excluding carboxylic acids is 1. The van der Waals surface area contributed by atoms with Crippen molar-refractivity contribution in [2.75, 3.05) is 5.73 Å². The van der Waals surface area contributed by atoms with Gasteiger partial charge in [0.1, 0.15) is 5.82 Å². The topological polar surface area (TPSA) is 90.1 Å². The SMILES string of the molecule is Nc1ncc(-c2cncs2)cc1C(=O)N[C@H]1CCC[C@@H]1OCc1ccc(Br)cc1. The van der Waals surface area contributed by atoms with Crippen LogP contribution in [0.5, 0.6) is 0 Å². The third-order valence-corrected chi connectivity index (χ3v) is 6.38. The smallest absolute Gasteiger partial charge is 0.255 e. The number of hydrogen-bond donors (Lipinski definition) is 2. The second-order valence-electron chi connectivity index (χ2n) is 7.01. The molecule has 0 bridgehead atoms. The molecule has 2 atom stereocenters. The van der Waals surface area contributed by atoms with Gasteiger partial charge in [-0.3, -0.25) is 9.78 Å². The van der Waals surface area contributed by atoms with Gasteiger partial charge in [0.25, 0.3) is 5.91 Å². The standard InChI is InChI=1S/C21H21BrN4O2S/c22-15-6-4-13(5-7-15)11-28-18-3-1-2-17(18)26-21(27)16-8-14(9-25-20(16)23)19-10-24-12-29-19/h4-10,12,17-18H,1-3,11H2,(H2,23,25)(H,26,27)/t17-,18-/m0/s1. The van der Waals surface area contributed by atoms with Gasteiger partial charge in [-0.25, -0.2) is 4.98 Å². The van der Waals surface area contributed by atoms with Crippen molar-refractivity contribution in [3.8, 4) is 10.4 Å². The number of benzene rings is 1. The number of nitrogens with one attached hydrogen (secondary N) is 1. The monoisotopic (exact) mass is 472 g/mol. The Labute approximate surface area is 181 Å². The fraction of sp³-hybridized carbons (Fsp3) is 0.286. The highest BCUT2D eigenvalue weighted by atomic mass is 79.9. The van der Waals surface area contributed by atoms with Crippen molar-refractivity contribution < 1.29 is 9.53 Å². The van der Waals surface area contributed by atoms with Crippen LogP contribution < -0.4 is 11.1 Å². The van der Waals surface area contributed by atoms with Crippen LogP contribution in [-0.4, -0.2) is 28.0 Å². The largest absolute Gasteiger partial charge is 0.383 e. The average Bonchev–Trinajstić information content (AvgIpc) is 3.40. The Kier molecular flexibility index (Phi) is 6.22. The molecule has 3 aromatic rings. The Balaban J connectivity index is 1.42. The number of pyridine rings is 1. The number of amides is 1. The molecule has 150 valence electrons. The maximum Gasteiger partial charge on any atom is 0.255 e. The molecule has 4 rings (SSSR count). The van der Waals surface area contributed by atoms with Crippen molar-refractivity contribution >= 4 is 39.0 Å². The van der Waals surface area contributed by atoms with Gasteiger partial charge in [-0.1, -0.05) is 28.1 Å². The number of aromatic nitrogens is 2. The Morgan fingerprint density at radius 3 is 2.86 bits per heavy atom. The van der Waals surface area contributed by atoms with Crippen molar-refractivity contribution in [1.29, 1.82) is 0 Å². The molecule has 1 fully saturated rings. The predicted molar refractivity (Wildman–Crippen MR) is 118 cm³/mol. The summed E-state index contributed by atoms with van der Waals surface area (Å²) in [5.74, 6) is 0.00611. The third-order valence-electron chi connectivity index (χ3n) is 5.03. The number of nitrogens with two attached hydrogens (primary N) is 1. The molecule has 29 heavy (non-hydrogen) atoms. The van der Waals surface area contributed by atoms with E-state index >= 15 is 0 Å². The van der Waals surface area contributed by atoms with Crippen LogP contribution in [0.25, 0.3) is 10.4 Å². The molecular weight excluding hydrogens is 452 g/mol. The zero-order valence-corrected chi connectivity index (χ0v) is 18.1. The number of rotatable bonds is 6. The number of nitrogen functional groups attached to an aromatic ring is 1. The first-order chi connectivity index (χ1) is 14.1. The Morgan fingerprint density at radius 1 is 1.28 bits per heavy atom. The molecule has 0 spiro atoms. The molecule has 0 radical (unpaired) electrons. The Bertz CT molecular complexity index is 979. The highest BCUT2D eigenvalue weighted by molar-refractivity contribution is 9.10. The summed E-state index contributed by atoms with van der Waals surface area (Å²) in [4.78, 5) is 22.1. The van der Waals surface area contributed by atoms with Crippen molar-refractivity contribution in [2.45, 2.75) is 38.0 Å². The molecule has 8 heteroatoms. The fourth-order valence-corrected chi connectivity index (χ4v) is 4.34. The van der Waals surface area contributed by atoms with Crippen molar-refractivity contribution in [2.24, 2.45) is 0 Å². The van der Waals surface area contributed by atoms with Crippen LogP contribution in [0.1, 0.15) is 35.2 Å². The molecule has 1 saturated carbocycles. The molecule has 1 aliphatic carbocycles. The van der Waals surface area contributed by atoms with Gasteiger partial charge in [-0.2, -0.15) is 0 Å². The van der Waals surface area contributed by atoms with E-state index in [9.17, 15) is 4.79 Å². The number of carbonyl (C=O) groups is 1. The molecule has 6 nitrogen and oxygen atoms in total. The number of hydrogen-bond acceptors (Lipinski definition) is 6. The number of anilines is 1. The number of nitrogens with zero attached hydrogens (tertiary/aromatic N) is 2. The van der Waals surface area contributed by atoms with Gasteiger partial charge < -0.3 is 15.8 Å². The van der Waals surface area contributed by atoms with E-state index in [4.69, 9.17) is 10.5 Å². The van der Waals surface area contributed by atoms with Crippen LogP contribution in [0.4, 0.5) is 5.82 Å². The van der Waals surface area contributed by atoms with Crippen LogP contribution in [0, 0.1) is 0 Å². The van der Waals surface area contributed by atoms with E-state index in [2.05, 4.69) is 31.2 Å². The minimum absolute atomic E-state index is 0.0125. The normalized spacial score (nSPS) is 18.7. The van der Waals surface area contributed by atoms with Crippen molar-refractivity contribution in [3.05, 3.63) is 63.8 Å². The number of halogens is 1. The summed E-state index contributed by atoms with van der Waals surface area (Å²) >= 11 is 4.93. The molecule has 1 amide bonds. The second kappa shape index (κ2) is 9.02. The third kappa shape index (κ3) is 4.83. The van der Waals surface area contributed by atoms with E-state index in [-0.39, 0.29) is 23.9 Å².